The number of furan rings is 1. The van der Waals surface area contributed by atoms with Gasteiger partial charge in [-0.05, 0) is 38.2 Å². The minimum absolute atomic E-state index is 0.141. The van der Waals surface area contributed by atoms with Gasteiger partial charge >= 0.3 is 5.97 Å². The van der Waals surface area contributed by atoms with E-state index in [4.69, 9.17) is 4.42 Å². The van der Waals surface area contributed by atoms with Gasteiger partial charge in [-0.15, -0.1) is 11.3 Å². The van der Waals surface area contributed by atoms with Crippen LogP contribution >= 0.6 is 11.3 Å². The summed E-state index contributed by atoms with van der Waals surface area (Å²) in [6, 6.07) is 1.49. The highest BCUT2D eigenvalue weighted by Gasteiger charge is 2.46. The van der Waals surface area contributed by atoms with Gasteiger partial charge in [0.1, 0.15) is 12.0 Å². The van der Waals surface area contributed by atoms with E-state index in [1.54, 1.807) is 11.0 Å². The SMILES string of the molecule is Cc1nc(-c2cc(C(=O)N3C[C@@H]4CC[C@H]3[C@H](C(=O)O)C4)co2)cs1. The Balaban J connectivity index is 1.58. The van der Waals surface area contributed by atoms with E-state index in [0.717, 1.165) is 23.5 Å². The van der Waals surface area contributed by atoms with E-state index in [9.17, 15) is 14.7 Å². The number of aryl methyl sites for hydroxylation is 1. The molecule has 1 saturated carbocycles. The number of hydrogen-bond donors (Lipinski definition) is 1. The number of piperidine rings is 2. The second-order valence-corrected chi connectivity index (χ2v) is 7.66. The number of hydrogen-bond acceptors (Lipinski definition) is 5. The number of aliphatic carboxylic acids is 1. The molecule has 24 heavy (non-hydrogen) atoms. The Morgan fingerprint density at radius 1 is 1.42 bits per heavy atom. The summed E-state index contributed by atoms with van der Waals surface area (Å²) in [5.41, 5.74) is 1.19. The van der Waals surface area contributed by atoms with Crippen molar-refractivity contribution in [2.75, 3.05) is 6.54 Å². The summed E-state index contributed by atoms with van der Waals surface area (Å²) in [4.78, 5) is 30.4. The lowest BCUT2D eigenvalue weighted by Crippen LogP contribution is -2.57. The Labute approximate surface area is 143 Å². The number of carbonyl (C=O) groups is 2. The Morgan fingerprint density at radius 3 is 2.92 bits per heavy atom. The summed E-state index contributed by atoms with van der Waals surface area (Å²) in [6.07, 6.45) is 3.90. The Kier molecular flexibility index (Phi) is 3.68. The van der Waals surface area contributed by atoms with Gasteiger partial charge in [0.2, 0.25) is 0 Å². The van der Waals surface area contributed by atoms with E-state index in [0.29, 0.717) is 24.3 Å². The molecule has 126 valence electrons. The first-order valence-corrected chi connectivity index (χ1v) is 8.95. The number of fused-ring (bicyclic) bond motifs is 3. The van der Waals surface area contributed by atoms with Crippen LogP contribution in [0.1, 0.15) is 34.6 Å². The van der Waals surface area contributed by atoms with Gasteiger partial charge in [0.25, 0.3) is 5.91 Å². The van der Waals surface area contributed by atoms with Gasteiger partial charge in [-0.2, -0.15) is 0 Å². The van der Waals surface area contributed by atoms with Crippen molar-refractivity contribution in [3.63, 3.8) is 0 Å². The molecular formula is C17H18N2O4S. The van der Waals surface area contributed by atoms with Crippen LogP contribution in [0.2, 0.25) is 0 Å². The van der Waals surface area contributed by atoms with Gasteiger partial charge in [-0.3, -0.25) is 9.59 Å². The Bertz CT molecular complexity index is 796. The first-order chi connectivity index (χ1) is 11.5. The van der Waals surface area contributed by atoms with E-state index in [2.05, 4.69) is 4.98 Å². The maximum Gasteiger partial charge on any atom is 0.308 e. The predicted molar refractivity (Wildman–Crippen MR) is 87.8 cm³/mol. The number of carboxylic acid groups (broad SMARTS) is 1. The minimum atomic E-state index is -0.798. The number of thiazole rings is 1. The van der Waals surface area contributed by atoms with Gasteiger partial charge in [0.15, 0.2) is 5.76 Å². The zero-order valence-corrected chi connectivity index (χ0v) is 14.1. The highest BCUT2D eigenvalue weighted by molar-refractivity contribution is 7.09. The quantitative estimate of drug-likeness (QED) is 0.923. The van der Waals surface area contributed by atoms with Crippen molar-refractivity contribution in [1.29, 1.82) is 0 Å². The average Bonchev–Trinajstić information content (AvgIpc) is 3.23. The summed E-state index contributed by atoms with van der Waals surface area (Å²) in [5.74, 6) is -0.535. The number of rotatable bonds is 3. The van der Waals surface area contributed by atoms with Crippen LogP contribution in [0.3, 0.4) is 0 Å². The first-order valence-electron chi connectivity index (χ1n) is 8.07. The molecule has 0 radical (unpaired) electrons. The van der Waals surface area contributed by atoms with E-state index >= 15 is 0 Å². The van der Waals surface area contributed by atoms with Crippen molar-refractivity contribution in [1.82, 2.24) is 9.88 Å². The van der Waals surface area contributed by atoms with Crippen LogP contribution in [0.4, 0.5) is 0 Å². The molecule has 5 rings (SSSR count). The molecule has 2 saturated heterocycles. The fraction of sp³-hybridized carbons (Fsp3) is 0.471. The summed E-state index contributed by atoms with van der Waals surface area (Å²) in [7, 11) is 0. The number of aromatic nitrogens is 1. The third-order valence-electron chi connectivity index (χ3n) is 5.07. The van der Waals surface area contributed by atoms with Crippen molar-refractivity contribution in [2.24, 2.45) is 11.8 Å². The third-order valence-corrected chi connectivity index (χ3v) is 5.85. The van der Waals surface area contributed by atoms with E-state index in [-0.39, 0.29) is 17.9 Å². The van der Waals surface area contributed by atoms with Crippen LogP contribution < -0.4 is 0 Å². The van der Waals surface area contributed by atoms with Crippen molar-refractivity contribution in [3.8, 4) is 11.5 Å². The molecule has 2 aromatic rings. The molecule has 2 aromatic heterocycles. The van der Waals surface area contributed by atoms with Gasteiger partial charge in [0, 0.05) is 18.0 Å². The van der Waals surface area contributed by atoms with Crippen molar-refractivity contribution in [2.45, 2.75) is 32.2 Å². The number of carbonyl (C=O) groups excluding carboxylic acids is 1. The summed E-state index contributed by atoms with van der Waals surface area (Å²) in [5, 5.41) is 12.3. The largest absolute Gasteiger partial charge is 0.481 e. The third kappa shape index (κ3) is 2.53. The summed E-state index contributed by atoms with van der Waals surface area (Å²) in [6.45, 7) is 2.56. The van der Waals surface area contributed by atoms with Crippen LogP contribution in [0.5, 0.6) is 0 Å². The van der Waals surface area contributed by atoms with Crippen molar-refractivity contribution in [3.05, 3.63) is 28.3 Å². The fourth-order valence-corrected chi connectivity index (χ4v) is 4.52. The Morgan fingerprint density at radius 2 is 2.25 bits per heavy atom. The maximum absolute atomic E-state index is 12.9. The second kappa shape index (κ2) is 5.73. The van der Waals surface area contributed by atoms with Crippen molar-refractivity contribution < 1.29 is 19.1 Å². The number of nitrogens with zero attached hydrogens (tertiary/aromatic N) is 2. The van der Waals surface area contributed by atoms with Crippen LogP contribution in [0.15, 0.2) is 22.1 Å². The van der Waals surface area contributed by atoms with Gasteiger partial charge in [-0.1, -0.05) is 0 Å². The molecule has 1 amide bonds. The van der Waals surface area contributed by atoms with Gasteiger partial charge < -0.3 is 14.4 Å². The topological polar surface area (TPSA) is 83.6 Å². The number of amides is 1. The molecule has 3 atom stereocenters. The van der Waals surface area contributed by atoms with E-state index in [1.165, 1.54) is 17.6 Å². The van der Waals surface area contributed by atoms with Crippen LogP contribution in [0, 0.1) is 18.8 Å². The number of carboxylic acids is 1. The van der Waals surface area contributed by atoms with E-state index in [1.807, 2.05) is 12.3 Å². The van der Waals surface area contributed by atoms with Gasteiger partial charge in [0.05, 0.1) is 16.5 Å². The fourth-order valence-electron chi connectivity index (χ4n) is 3.92. The summed E-state index contributed by atoms with van der Waals surface area (Å²) >= 11 is 1.53. The minimum Gasteiger partial charge on any atom is -0.481 e. The van der Waals surface area contributed by atoms with E-state index < -0.39 is 11.9 Å². The first kappa shape index (κ1) is 15.4. The highest BCUT2D eigenvalue weighted by atomic mass is 32.1. The standard InChI is InChI=1S/C17H18N2O4S/c1-9-18-13(8-24-9)15-5-11(7-23-15)16(20)19-6-10-2-3-14(19)12(4-10)17(21)22/h5,7-8,10,12,14H,2-4,6H2,1H3,(H,21,22)/t10-,12-,14+/m1/s1. The molecule has 1 aliphatic carbocycles. The predicted octanol–water partition coefficient (Wildman–Crippen LogP) is 3.04. The smallest absolute Gasteiger partial charge is 0.308 e. The zero-order valence-electron chi connectivity index (χ0n) is 13.3. The second-order valence-electron chi connectivity index (χ2n) is 6.60. The molecular weight excluding hydrogens is 328 g/mol. The molecule has 0 unspecified atom stereocenters. The molecule has 0 spiro atoms. The van der Waals surface area contributed by atoms with Crippen molar-refractivity contribution >= 4 is 23.2 Å². The summed E-state index contributed by atoms with van der Waals surface area (Å²) < 4.78 is 5.51. The molecule has 2 aliphatic heterocycles. The lowest BCUT2D eigenvalue weighted by molar-refractivity contribution is -0.148. The monoisotopic (exact) mass is 346 g/mol. The zero-order chi connectivity index (χ0) is 16.8. The molecule has 7 heteroatoms. The highest BCUT2D eigenvalue weighted by Crippen LogP contribution is 2.40. The van der Waals surface area contributed by atoms with Crippen LogP contribution in [0.25, 0.3) is 11.5 Å². The molecule has 2 bridgehead atoms. The molecule has 6 nitrogen and oxygen atoms in total. The normalized spacial score (nSPS) is 25.9. The Hall–Kier alpha value is -2.15. The lowest BCUT2D eigenvalue weighted by atomic mass is 9.72. The molecule has 0 aromatic carbocycles. The molecule has 4 heterocycles. The van der Waals surface area contributed by atoms with Crippen LogP contribution in [-0.2, 0) is 4.79 Å². The molecule has 1 N–H and O–H groups in total. The average molecular weight is 346 g/mol. The van der Waals surface area contributed by atoms with Gasteiger partial charge in [-0.25, -0.2) is 4.98 Å². The molecule has 3 fully saturated rings. The maximum atomic E-state index is 12.9. The molecule has 3 aliphatic rings. The van der Waals surface area contributed by atoms with Crippen LogP contribution in [-0.4, -0.2) is 39.5 Å². The lowest BCUT2D eigenvalue weighted by Gasteiger charge is -2.48.